The third-order valence-corrected chi connectivity index (χ3v) is 4.96. The molecule has 2 aromatic carbocycles. The van der Waals surface area contributed by atoms with Gasteiger partial charge >= 0.3 is 0 Å². The number of anilines is 1. The van der Waals surface area contributed by atoms with Crippen LogP contribution in [0.1, 0.15) is 38.5 Å². The lowest BCUT2D eigenvalue weighted by molar-refractivity contribution is 0.101. The maximum absolute atomic E-state index is 13.4. The number of para-hydroxylation sites is 1. The summed E-state index contributed by atoms with van der Waals surface area (Å²) in [5.41, 5.74) is 3.38. The van der Waals surface area contributed by atoms with E-state index in [-0.39, 0.29) is 24.1 Å². The van der Waals surface area contributed by atoms with E-state index in [0.717, 1.165) is 22.4 Å². The number of carbonyl (C=O) groups excluding carboxylic acids is 1. The molecule has 0 unspecified atom stereocenters. The van der Waals surface area contributed by atoms with Crippen LogP contribution in [0.3, 0.4) is 0 Å². The van der Waals surface area contributed by atoms with Crippen molar-refractivity contribution in [2.45, 2.75) is 33.9 Å². The highest BCUT2D eigenvalue weighted by atomic mass is 19.1. The number of nitrogens with zero attached hydrogens (tertiary/aromatic N) is 4. The molecule has 4 rings (SSSR count). The molecule has 0 radical (unpaired) electrons. The fraction of sp³-hybridized carbons (Fsp3) is 0.217. The van der Waals surface area contributed by atoms with Gasteiger partial charge in [-0.15, -0.1) is 5.10 Å². The van der Waals surface area contributed by atoms with Crippen LogP contribution in [0.5, 0.6) is 5.75 Å². The molecule has 0 saturated heterocycles. The van der Waals surface area contributed by atoms with E-state index in [1.165, 1.54) is 23.1 Å². The van der Waals surface area contributed by atoms with Crippen molar-refractivity contribution >= 4 is 11.9 Å². The molecule has 0 saturated carbocycles. The molecule has 4 aromatic rings. The monoisotopic (exact) mass is 435 g/mol. The van der Waals surface area contributed by atoms with Gasteiger partial charge in [-0.05, 0) is 49.6 Å². The van der Waals surface area contributed by atoms with E-state index in [1.807, 2.05) is 32.0 Å². The molecule has 1 amide bonds. The Bertz CT molecular complexity index is 1240. The highest BCUT2D eigenvalue weighted by Crippen LogP contribution is 2.25. The van der Waals surface area contributed by atoms with Crippen LogP contribution < -0.4 is 10.1 Å². The van der Waals surface area contributed by atoms with Gasteiger partial charge in [-0.2, -0.15) is 0 Å². The van der Waals surface area contributed by atoms with Crippen LogP contribution in [-0.2, 0) is 13.2 Å². The number of benzene rings is 2. The Morgan fingerprint density at radius 2 is 1.91 bits per heavy atom. The third kappa shape index (κ3) is 4.66. The molecular weight excluding hydrogens is 413 g/mol. The molecule has 0 spiro atoms. The molecule has 164 valence electrons. The van der Waals surface area contributed by atoms with Crippen molar-refractivity contribution in [2.24, 2.45) is 0 Å². The zero-order valence-corrected chi connectivity index (χ0v) is 17.9. The number of aryl methyl sites for hydroxylation is 3. The van der Waals surface area contributed by atoms with Gasteiger partial charge in [-0.1, -0.05) is 35.5 Å². The maximum atomic E-state index is 13.4. The second kappa shape index (κ2) is 9.01. The lowest BCUT2D eigenvalue weighted by atomic mass is 10.1. The molecule has 0 aliphatic rings. The van der Waals surface area contributed by atoms with E-state index >= 15 is 0 Å². The molecule has 8 nitrogen and oxygen atoms in total. The highest BCUT2D eigenvalue weighted by molar-refractivity contribution is 6.02. The van der Waals surface area contributed by atoms with Crippen LogP contribution in [0.4, 0.5) is 10.3 Å². The second-order valence-corrected chi connectivity index (χ2v) is 7.43. The van der Waals surface area contributed by atoms with Gasteiger partial charge in [0.05, 0.1) is 12.1 Å². The minimum atomic E-state index is -0.509. The second-order valence-electron chi connectivity index (χ2n) is 7.43. The Labute approximate surface area is 184 Å². The molecule has 1 N–H and O–H groups in total. The summed E-state index contributed by atoms with van der Waals surface area (Å²) in [7, 11) is 0. The quantitative estimate of drug-likeness (QED) is 0.467. The number of rotatable bonds is 7. The van der Waals surface area contributed by atoms with E-state index in [1.54, 1.807) is 19.1 Å². The SMILES string of the molecule is Cc1cccc(C)c1OCc1c(C(=O)Nc2ncn(Cc3cccc(F)c3)n2)noc1C. The first kappa shape index (κ1) is 21.2. The first-order valence-electron chi connectivity index (χ1n) is 10.00. The van der Waals surface area contributed by atoms with Crippen LogP contribution in [0.2, 0.25) is 0 Å². The summed E-state index contributed by atoms with van der Waals surface area (Å²) in [6.45, 7) is 6.09. The summed E-state index contributed by atoms with van der Waals surface area (Å²) in [6.07, 6.45) is 1.46. The van der Waals surface area contributed by atoms with Crippen molar-refractivity contribution < 1.29 is 18.4 Å². The summed E-state index contributed by atoms with van der Waals surface area (Å²) < 4.78 is 26.1. The van der Waals surface area contributed by atoms with Gasteiger partial charge in [-0.25, -0.2) is 14.1 Å². The molecule has 9 heteroatoms. The fourth-order valence-electron chi connectivity index (χ4n) is 3.32. The van der Waals surface area contributed by atoms with Crippen LogP contribution in [0.15, 0.2) is 53.3 Å². The van der Waals surface area contributed by atoms with E-state index in [4.69, 9.17) is 9.26 Å². The van der Waals surface area contributed by atoms with Gasteiger partial charge in [0.2, 0.25) is 5.95 Å². The predicted molar refractivity (Wildman–Crippen MR) is 115 cm³/mol. The predicted octanol–water partition coefficient (Wildman–Crippen LogP) is 4.21. The Balaban J connectivity index is 1.45. The average molecular weight is 435 g/mol. The lowest BCUT2D eigenvalue weighted by Crippen LogP contribution is -2.16. The van der Waals surface area contributed by atoms with Gasteiger partial charge in [0.15, 0.2) is 5.69 Å². The van der Waals surface area contributed by atoms with Crippen molar-refractivity contribution in [1.29, 1.82) is 0 Å². The molecule has 2 heterocycles. The molecule has 0 atom stereocenters. The summed E-state index contributed by atoms with van der Waals surface area (Å²) in [6, 6.07) is 12.1. The Morgan fingerprint density at radius 3 is 2.66 bits per heavy atom. The maximum Gasteiger partial charge on any atom is 0.280 e. The molecular formula is C23H22FN5O3. The van der Waals surface area contributed by atoms with Crippen molar-refractivity contribution in [3.63, 3.8) is 0 Å². The number of nitrogens with one attached hydrogen (secondary N) is 1. The summed E-state index contributed by atoms with van der Waals surface area (Å²) in [4.78, 5) is 16.9. The largest absolute Gasteiger partial charge is 0.488 e. The standard InChI is InChI=1S/C23H22FN5O3/c1-14-6-4-7-15(2)21(14)31-12-19-16(3)32-28-20(19)22(30)26-23-25-13-29(27-23)11-17-8-5-9-18(24)10-17/h4-10,13H,11-12H2,1-3H3,(H,26,27,30). The van der Waals surface area contributed by atoms with Gasteiger partial charge in [0.25, 0.3) is 5.91 Å². The van der Waals surface area contributed by atoms with Crippen LogP contribution in [0, 0.1) is 26.6 Å². The van der Waals surface area contributed by atoms with E-state index in [0.29, 0.717) is 17.9 Å². The number of ether oxygens (including phenoxy) is 1. The molecule has 32 heavy (non-hydrogen) atoms. The summed E-state index contributed by atoms with van der Waals surface area (Å²) in [5, 5.41) is 10.7. The highest BCUT2D eigenvalue weighted by Gasteiger charge is 2.22. The zero-order valence-electron chi connectivity index (χ0n) is 17.9. The molecule has 0 fully saturated rings. The Kier molecular flexibility index (Phi) is 5.98. The normalized spacial score (nSPS) is 10.9. The smallest absolute Gasteiger partial charge is 0.280 e. The molecule has 0 bridgehead atoms. The van der Waals surface area contributed by atoms with Gasteiger partial charge in [-0.3, -0.25) is 10.1 Å². The number of hydrogen-bond donors (Lipinski definition) is 1. The fourth-order valence-corrected chi connectivity index (χ4v) is 3.32. The first-order valence-corrected chi connectivity index (χ1v) is 10.00. The number of amides is 1. The van der Waals surface area contributed by atoms with Crippen LogP contribution in [0.25, 0.3) is 0 Å². The Hall–Kier alpha value is -4.01. The van der Waals surface area contributed by atoms with Crippen molar-refractivity contribution in [1.82, 2.24) is 19.9 Å². The number of halogens is 1. The van der Waals surface area contributed by atoms with Crippen LogP contribution >= 0.6 is 0 Å². The van der Waals surface area contributed by atoms with Crippen molar-refractivity contribution in [3.05, 3.63) is 88.3 Å². The third-order valence-electron chi connectivity index (χ3n) is 4.96. The van der Waals surface area contributed by atoms with Gasteiger partial charge < -0.3 is 9.26 Å². The minimum absolute atomic E-state index is 0.105. The zero-order chi connectivity index (χ0) is 22.7. The van der Waals surface area contributed by atoms with E-state index in [2.05, 4.69) is 20.6 Å². The average Bonchev–Trinajstić information content (AvgIpc) is 3.34. The lowest BCUT2D eigenvalue weighted by Gasteiger charge is -2.11. The van der Waals surface area contributed by atoms with E-state index < -0.39 is 5.91 Å². The number of carbonyl (C=O) groups is 1. The van der Waals surface area contributed by atoms with Gasteiger partial charge in [0, 0.05) is 0 Å². The number of hydrogen-bond acceptors (Lipinski definition) is 6. The minimum Gasteiger partial charge on any atom is -0.488 e. The topological polar surface area (TPSA) is 95.1 Å². The van der Waals surface area contributed by atoms with Crippen molar-refractivity contribution in [2.75, 3.05) is 5.32 Å². The molecule has 0 aliphatic carbocycles. The summed E-state index contributed by atoms with van der Waals surface area (Å²) >= 11 is 0. The number of aromatic nitrogens is 4. The first-order chi connectivity index (χ1) is 15.4. The molecule has 2 aromatic heterocycles. The van der Waals surface area contributed by atoms with Crippen LogP contribution in [-0.4, -0.2) is 25.8 Å². The Morgan fingerprint density at radius 1 is 1.16 bits per heavy atom. The molecule has 0 aliphatic heterocycles. The van der Waals surface area contributed by atoms with Crippen molar-refractivity contribution in [3.8, 4) is 5.75 Å². The van der Waals surface area contributed by atoms with Gasteiger partial charge in [0.1, 0.15) is 30.3 Å². The van der Waals surface area contributed by atoms with E-state index in [9.17, 15) is 9.18 Å². The summed E-state index contributed by atoms with van der Waals surface area (Å²) in [5.74, 6) is 0.524.